The summed E-state index contributed by atoms with van der Waals surface area (Å²) in [4.78, 5) is 12.0. The Morgan fingerprint density at radius 2 is 1.83 bits per heavy atom. The lowest BCUT2D eigenvalue weighted by molar-refractivity contribution is -0.0179. The third-order valence-electron chi connectivity index (χ3n) is 5.02. The molecule has 4 heteroatoms. The largest absolute Gasteiger partial charge is 0.438 e. The summed E-state index contributed by atoms with van der Waals surface area (Å²) in [5.74, 6) is 0. The van der Waals surface area contributed by atoms with Gasteiger partial charge in [0.25, 0.3) is 0 Å². The molecule has 2 aliphatic rings. The van der Waals surface area contributed by atoms with Crippen LogP contribution in [0.15, 0.2) is 42.5 Å². The van der Waals surface area contributed by atoms with Crippen molar-refractivity contribution >= 4 is 11.8 Å². The number of fused-ring (bicyclic) bond motifs is 2. The predicted molar refractivity (Wildman–Crippen MR) is 91.5 cm³/mol. The minimum atomic E-state index is -0.501. The van der Waals surface area contributed by atoms with E-state index in [2.05, 4.69) is 17.5 Å². The number of nitrogens with zero attached hydrogens (tertiary/aromatic N) is 1. The van der Waals surface area contributed by atoms with Crippen LogP contribution in [-0.4, -0.2) is 6.09 Å². The van der Waals surface area contributed by atoms with Crippen LogP contribution in [0.5, 0.6) is 0 Å². The summed E-state index contributed by atoms with van der Waals surface area (Å²) in [6.45, 7) is 0. The number of amides is 1. The number of carbonyl (C=O) groups excluding carboxylic acids is 1. The van der Waals surface area contributed by atoms with Gasteiger partial charge in [0, 0.05) is 5.56 Å². The van der Waals surface area contributed by atoms with Gasteiger partial charge in [-0.2, -0.15) is 5.26 Å². The van der Waals surface area contributed by atoms with Crippen LogP contribution in [0.2, 0.25) is 0 Å². The van der Waals surface area contributed by atoms with Crippen LogP contribution in [0.1, 0.15) is 43.2 Å². The molecule has 0 radical (unpaired) electrons. The zero-order valence-electron chi connectivity index (χ0n) is 13.3. The van der Waals surface area contributed by atoms with Crippen molar-refractivity contribution < 1.29 is 9.53 Å². The predicted octanol–water partition coefficient (Wildman–Crippen LogP) is 4.95. The molecule has 4 rings (SSSR count). The van der Waals surface area contributed by atoms with E-state index in [9.17, 15) is 4.79 Å². The Kier molecular flexibility index (Phi) is 3.50. The molecule has 24 heavy (non-hydrogen) atoms. The quantitative estimate of drug-likeness (QED) is 0.809. The Bertz CT molecular complexity index is 845. The van der Waals surface area contributed by atoms with Gasteiger partial charge < -0.3 is 4.74 Å². The van der Waals surface area contributed by atoms with E-state index in [1.165, 1.54) is 6.42 Å². The van der Waals surface area contributed by atoms with Crippen LogP contribution in [0.25, 0.3) is 11.1 Å². The summed E-state index contributed by atoms with van der Waals surface area (Å²) in [6, 6.07) is 15.8. The summed E-state index contributed by atoms with van der Waals surface area (Å²) in [7, 11) is 0. The number of nitrogens with one attached hydrogen (secondary N) is 1. The number of carbonyl (C=O) groups is 1. The second-order valence-electron chi connectivity index (χ2n) is 6.52. The van der Waals surface area contributed by atoms with E-state index in [-0.39, 0.29) is 6.09 Å². The zero-order valence-corrected chi connectivity index (χ0v) is 13.3. The molecule has 0 saturated heterocycles. The van der Waals surface area contributed by atoms with Gasteiger partial charge in [-0.3, -0.25) is 5.32 Å². The zero-order chi connectivity index (χ0) is 16.6. The fourth-order valence-electron chi connectivity index (χ4n) is 3.84. The van der Waals surface area contributed by atoms with Gasteiger partial charge in [0.05, 0.1) is 17.3 Å². The molecule has 0 aromatic heterocycles. The first-order valence-corrected chi connectivity index (χ1v) is 8.35. The molecule has 1 N–H and O–H groups in total. The number of benzene rings is 2. The number of nitriles is 1. The molecule has 1 aliphatic heterocycles. The van der Waals surface area contributed by atoms with E-state index in [1.807, 2.05) is 30.3 Å². The van der Waals surface area contributed by atoms with Gasteiger partial charge in [-0.1, -0.05) is 24.6 Å². The summed E-state index contributed by atoms with van der Waals surface area (Å²) < 4.78 is 5.77. The number of hydrogen-bond acceptors (Lipinski definition) is 3. The fourth-order valence-corrected chi connectivity index (χ4v) is 3.84. The van der Waals surface area contributed by atoms with Crippen LogP contribution in [0, 0.1) is 11.3 Å². The van der Waals surface area contributed by atoms with Crippen LogP contribution in [-0.2, 0) is 10.3 Å². The molecule has 2 aromatic carbocycles. The number of anilines is 1. The smallest absolute Gasteiger partial charge is 0.412 e. The van der Waals surface area contributed by atoms with Crippen LogP contribution in [0.3, 0.4) is 0 Å². The Balaban J connectivity index is 1.82. The third kappa shape index (κ3) is 2.43. The fraction of sp³-hybridized carbons (Fsp3) is 0.300. The van der Waals surface area contributed by atoms with Crippen LogP contribution < -0.4 is 5.32 Å². The summed E-state index contributed by atoms with van der Waals surface area (Å²) in [5, 5.41) is 11.9. The van der Waals surface area contributed by atoms with E-state index < -0.39 is 5.60 Å². The SMILES string of the molecule is N#Cc1cccc(-c2ccc3c(c2)C2(CCCCC2)OC(=O)N3)c1. The van der Waals surface area contributed by atoms with E-state index in [1.54, 1.807) is 6.07 Å². The molecular formula is C20H18N2O2. The molecule has 0 bridgehead atoms. The average molecular weight is 318 g/mol. The molecule has 1 heterocycles. The topological polar surface area (TPSA) is 62.1 Å². The van der Waals surface area contributed by atoms with Crippen molar-refractivity contribution in [2.45, 2.75) is 37.7 Å². The molecular weight excluding hydrogens is 300 g/mol. The third-order valence-corrected chi connectivity index (χ3v) is 5.02. The van der Waals surface area contributed by atoms with Crippen molar-refractivity contribution in [2.24, 2.45) is 0 Å². The summed E-state index contributed by atoms with van der Waals surface area (Å²) >= 11 is 0. The molecule has 1 saturated carbocycles. The molecule has 0 atom stereocenters. The second-order valence-corrected chi connectivity index (χ2v) is 6.52. The monoisotopic (exact) mass is 318 g/mol. The first-order valence-electron chi connectivity index (χ1n) is 8.35. The number of ether oxygens (including phenoxy) is 1. The minimum Gasteiger partial charge on any atom is -0.438 e. The maximum Gasteiger partial charge on any atom is 0.412 e. The first kappa shape index (κ1) is 14.8. The van der Waals surface area contributed by atoms with E-state index >= 15 is 0 Å². The van der Waals surface area contributed by atoms with Gasteiger partial charge in [0.1, 0.15) is 5.60 Å². The molecule has 120 valence electrons. The lowest BCUT2D eigenvalue weighted by Crippen LogP contribution is -2.41. The van der Waals surface area contributed by atoms with Crippen molar-refractivity contribution in [3.63, 3.8) is 0 Å². The van der Waals surface area contributed by atoms with Crippen LogP contribution in [0.4, 0.5) is 10.5 Å². The number of rotatable bonds is 1. The van der Waals surface area contributed by atoms with Crippen molar-refractivity contribution in [2.75, 3.05) is 5.32 Å². The number of hydrogen-bond donors (Lipinski definition) is 1. The van der Waals surface area contributed by atoms with Crippen molar-refractivity contribution in [1.29, 1.82) is 5.26 Å². The Morgan fingerprint density at radius 1 is 1.04 bits per heavy atom. The maximum absolute atomic E-state index is 12.0. The van der Waals surface area contributed by atoms with Gasteiger partial charge in [0.15, 0.2) is 0 Å². The molecule has 0 unspecified atom stereocenters. The Hall–Kier alpha value is -2.80. The summed E-state index contributed by atoms with van der Waals surface area (Å²) in [5.41, 5.74) is 4.08. The molecule has 1 spiro atoms. The second kappa shape index (κ2) is 5.68. The molecule has 4 nitrogen and oxygen atoms in total. The molecule has 1 fully saturated rings. The highest BCUT2D eigenvalue weighted by molar-refractivity contribution is 5.89. The highest BCUT2D eigenvalue weighted by atomic mass is 16.6. The molecule has 1 amide bonds. The van der Waals surface area contributed by atoms with E-state index in [0.29, 0.717) is 5.56 Å². The lowest BCUT2D eigenvalue weighted by atomic mass is 9.77. The van der Waals surface area contributed by atoms with Gasteiger partial charge in [-0.15, -0.1) is 0 Å². The lowest BCUT2D eigenvalue weighted by Gasteiger charge is -2.41. The Labute approximate surface area is 141 Å². The molecule has 1 aliphatic carbocycles. The maximum atomic E-state index is 12.0. The highest BCUT2D eigenvalue weighted by Gasteiger charge is 2.42. The van der Waals surface area contributed by atoms with Crippen molar-refractivity contribution in [1.82, 2.24) is 0 Å². The van der Waals surface area contributed by atoms with Crippen LogP contribution >= 0.6 is 0 Å². The first-order chi connectivity index (χ1) is 11.7. The van der Waals surface area contributed by atoms with Gasteiger partial charge in [0.2, 0.25) is 0 Å². The minimum absolute atomic E-state index is 0.358. The van der Waals surface area contributed by atoms with Gasteiger partial charge in [-0.05, 0) is 61.1 Å². The Morgan fingerprint density at radius 3 is 2.62 bits per heavy atom. The van der Waals surface area contributed by atoms with Crippen molar-refractivity contribution in [3.8, 4) is 17.2 Å². The molecule has 2 aromatic rings. The summed E-state index contributed by atoms with van der Waals surface area (Å²) in [6.07, 6.45) is 4.71. The van der Waals surface area contributed by atoms with Gasteiger partial charge in [-0.25, -0.2) is 4.79 Å². The van der Waals surface area contributed by atoms with E-state index in [0.717, 1.165) is 48.1 Å². The highest BCUT2D eigenvalue weighted by Crippen LogP contribution is 2.47. The van der Waals surface area contributed by atoms with Crippen molar-refractivity contribution in [3.05, 3.63) is 53.6 Å². The average Bonchev–Trinajstić information content (AvgIpc) is 2.62. The van der Waals surface area contributed by atoms with E-state index in [4.69, 9.17) is 10.00 Å². The standard InChI is InChI=1S/C20H18N2O2/c21-13-14-5-4-6-15(11-14)16-7-8-18-17(12-16)20(24-19(23)22-18)9-2-1-3-10-20/h4-8,11-12H,1-3,9-10H2,(H,22,23). The normalized spacial score (nSPS) is 18.2. The van der Waals surface area contributed by atoms with Gasteiger partial charge >= 0.3 is 6.09 Å².